The molecule has 0 spiro atoms. The fraction of sp³-hybridized carbons (Fsp3) is 0.333. The first kappa shape index (κ1) is 14.3. The van der Waals surface area contributed by atoms with E-state index in [9.17, 15) is 22.8 Å². The van der Waals surface area contributed by atoms with Crippen LogP contribution in [0.2, 0.25) is 0 Å². The van der Waals surface area contributed by atoms with Crippen molar-refractivity contribution in [3.63, 3.8) is 0 Å². The van der Waals surface area contributed by atoms with Crippen LogP contribution in [0.3, 0.4) is 0 Å². The number of nitrogens with one attached hydrogen (secondary N) is 1. The first-order chi connectivity index (χ1) is 9.40. The lowest BCUT2D eigenvalue weighted by Crippen LogP contribution is -2.42. The van der Waals surface area contributed by atoms with Crippen LogP contribution in [0.4, 0.5) is 13.2 Å². The molecule has 20 heavy (non-hydrogen) atoms. The number of ether oxygens (including phenoxy) is 1. The molecular weight excluding hydrogens is 279 g/mol. The molecule has 2 atom stereocenters. The maximum absolute atomic E-state index is 13.0. The van der Waals surface area contributed by atoms with Gasteiger partial charge < -0.3 is 15.2 Å². The van der Waals surface area contributed by atoms with E-state index in [4.69, 9.17) is 9.84 Å². The molecule has 108 valence electrons. The molecule has 2 unspecified atom stereocenters. The molecule has 2 rings (SSSR count). The number of carbonyl (C=O) groups excluding carboxylic acids is 1. The Morgan fingerprint density at radius 3 is 2.35 bits per heavy atom. The second kappa shape index (κ2) is 5.49. The normalized spacial score (nSPS) is 21.8. The topological polar surface area (TPSA) is 75.6 Å². The van der Waals surface area contributed by atoms with Gasteiger partial charge in [0.15, 0.2) is 17.5 Å². The Bertz CT molecular complexity index is 541. The Kier molecular flexibility index (Phi) is 3.93. The summed E-state index contributed by atoms with van der Waals surface area (Å²) in [6, 6.07) is 0.273. The first-order valence-electron chi connectivity index (χ1n) is 5.66. The molecule has 0 saturated carbocycles. The van der Waals surface area contributed by atoms with E-state index >= 15 is 0 Å². The number of carboxylic acid groups (broad SMARTS) is 1. The summed E-state index contributed by atoms with van der Waals surface area (Å²) < 4.78 is 43.7. The van der Waals surface area contributed by atoms with E-state index in [-0.39, 0.29) is 13.2 Å². The number of hydrogen-bond donors (Lipinski definition) is 2. The zero-order valence-corrected chi connectivity index (χ0v) is 10.0. The number of rotatable bonds is 3. The Labute approximate surface area is 111 Å². The van der Waals surface area contributed by atoms with Crippen molar-refractivity contribution in [1.82, 2.24) is 5.32 Å². The predicted molar refractivity (Wildman–Crippen MR) is 59.5 cm³/mol. The van der Waals surface area contributed by atoms with Gasteiger partial charge in [-0.15, -0.1) is 0 Å². The van der Waals surface area contributed by atoms with E-state index < -0.39 is 46.9 Å². The van der Waals surface area contributed by atoms with E-state index in [2.05, 4.69) is 5.32 Å². The first-order valence-corrected chi connectivity index (χ1v) is 5.66. The summed E-state index contributed by atoms with van der Waals surface area (Å²) in [4.78, 5) is 22.7. The highest BCUT2D eigenvalue weighted by atomic mass is 19.2. The molecule has 0 aliphatic carbocycles. The van der Waals surface area contributed by atoms with E-state index in [0.29, 0.717) is 12.1 Å². The van der Waals surface area contributed by atoms with Crippen molar-refractivity contribution >= 4 is 11.9 Å². The molecule has 1 heterocycles. The summed E-state index contributed by atoms with van der Waals surface area (Å²) in [7, 11) is 0. The molecule has 1 aromatic carbocycles. The lowest BCUT2D eigenvalue weighted by atomic mass is 10.0. The zero-order valence-electron chi connectivity index (χ0n) is 10.0. The summed E-state index contributed by atoms with van der Waals surface area (Å²) in [5.41, 5.74) is -0.433. The van der Waals surface area contributed by atoms with E-state index in [1.54, 1.807) is 0 Å². The quantitative estimate of drug-likeness (QED) is 0.812. The Morgan fingerprint density at radius 1 is 1.20 bits per heavy atom. The highest BCUT2D eigenvalue weighted by Gasteiger charge is 2.35. The van der Waals surface area contributed by atoms with Gasteiger partial charge in [0.2, 0.25) is 0 Å². The lowest BCUT2D eigenvalue weighted by Gasteiger charge is -2.15. The molecular formula is C12H10F3NO4. The van der Waals surface area contributed by atoms with Gasteiger partial charge in [0.05, 0.1) is 19.3 Å². The second-order valence-corrected chi connectivity index (χ2v) is 4.32. The molecule has 0 bridgehead atoms. The third-order valence-electron chi connectivity index (χ3n) is 2.96. The maximum Gasteiger partial charge on any atom is 0.311 e. The third kappa shape index (κ3) is 2.74. The van der Waals surface area contributed by atoms with Gasteiger partial charge in [-0.1, -0.05) is 0 Å². The maximum atomic E-state index is 13.0. The molecule has 1 aliphatic rings. The van der Waals surface area contributed by atoms with E-state index in [1.807, 2.05) is 0 Å². The number of benzene rings is 1. The van der Waals surface area contributed by atoms with Crippen LogP contribution >= 0.6 is 0 Å². The summed E-state index contributed by atoms with van der Waals surface area (Å²) in [6.07, 6.45) is 0. The number of hydrogen-bond acceptors (Lipinski definition) is 3. The van der Waals surface area contributed by atoms with Crippen LogP contribution < -0.4 is 5.32 Å². The Balaban J connectivity index is 2.14. The van der Waals surface area contributed by atoms with Crippen molar-refractivity contribution in [2.24, 2.45) is 5.92 Å². The fourth-order valence-electron chi connectivity index (χ4n) is 1.88. The van der Waals surface area contributed by atoms with Gasteiger partial charge in [0.25, 0.3) is 5.91 Å². The van der Waals surface area contributed by atoms with Crippen LogP contribution in [0.1, 0.15) is 10.4 Å². The molecule has 8 heteroatoms. The molecule has 1 saturated heterocycles. The smallest absolute Gasteiger partial charge is 0.311 e. The molecule has 1 aliphatic heterocycles. The fourth-order valence-corrected chi connectivity index (χ4v) is 1.88. The van der Waals surface area contributed by atoms with Crippen molar-refractivity contribution in [1.29, 1.82) is 0 Å². The van der Waals surface area contributed by atoms with Gasteiger partial charge in [-0.05, 0) is 12.1 Å². The van der Waals surface area contributed by atoms with Crippen molar-refractivity contribution in [3.05, 3.63) is 35.1 Å². The summed E-state index contributed by atoms with van der Waals surface area (Å²) in [5, 5.41) is 11.2. The Hall–Kier alpha value is -2.09. The molecule has 0 radical (unpaired) electrons. The minimum absolute atomic E-state index is 0.0190. The molecule has 5 nitrogen and oxygen atoms in total. The average molecular weight is 289 g/mol. The van der Waals surface area contributed by atoms with Gasteiger partial charge in [-0.25, -0.2) is 13.2 Å². The van der Waals surface area contributed by atoms with Crippen molar-refractivity contribution in [2.45, 2.75) is 6.04 Å². The SMILES string of the molecule is O=C(NC1COCC1C(=O)O)c1cc(F)c(F)c(F)c1. The number of carbonyl (C=O) groups is 2. The molecule has 2 N–H and O–H groups in total. The van der Waals surface area contributed by atoms with Crippen molar-refractivity contribution in [2.75, 3.05) is 13.2 Å². The molecule has 0 aromatic heterocycles. The molecule has 1 amide bonds. The van der Waals surface area contributed by atoms with Gasteiger partial charge in [0, 0.05) is 5.56 Å². The zero-order chi connectivity index (χ0) is 14.9. The van der Waals surface area contributed by atoms with Crippen LogP contribution in [0, 0.1) is 23.4 Å². The monoisotopic (exact) mass is 289 g/mol. The van der Waals surface area contributed by atoms with Gasteiger partial charge in [0.1, 0.15) is 5.92 Å². The second-order valence-electron chi connectivity index (χ2n) is 4.32. The van der Waals surface area contributed by atoms with Crippen LogP contribution in [0.25, 0.3) is 0 Å². The number of halogens is 3. The van der Waals surface area contributed by atoms with Gasteiger partial charge in [-0.3, -0.25) is 9.59 Å². The van der Waals surface area contributed by atoms with E-state index in [1.165, 1.54) is 0 Å². The van der Waals surface area contributed by atoms with Crippen molar-refractivity contribution in [3.8, 4) is 0 Å². The standard InChI is InChI=1S/C12H10F3NO4/c13-7-1-5(2-8(14)10(7)15)11(17)16-9-4-20-3-6(9)12(18)19/h1-2,6,9H,3-4H2,(H,16,17)(H,18,19). The summed E-state index contributed by atoms with van der Waals surface area (Å²) in [5.74, 6) is -7.64. The number of amides is 1. The average Bonchev–Trinajstić information content (AvgIpc) is 2.83. The summed E-state index contributed by atoms with van der Waals surface area (Å²) in [6.45, 7) is -0.0821. The number of aliphatic carboxylic acids is 1. The van der Waals surface area contributed by atoms with Crippen LogP contribution in [-0.2, 0) is 9.53 Å². The minimum atomic E-state index is -1.67. The Morgan fingerprint density at radius 2 is 1.80 bits per heavy atom. The molecule has 1 aromatic rings. The highest BCUT2D eigenvalue weighted by molar-refractivity contribution is 5.94. The van der Waals surface area contributed by atoms with Crippen LogP contribution in [0.15, 0.2) is 12.1 Å². The van der Waals surface area contributed by atoms with E-state index in [0.717, 1.165) is 0 Å². The highest BCUT2D eigenvalue weighted by Crippen LogP contribution is 2.17. The largest absolute Gasteiger partial charge is 0.481 e. The third-order valence-corrected chi connectivity index (χ3v) is 2.96. The van der Waals surface area contributed by atoms with Gasteiger partial charge >= 0.3 is 5.97 Å². The predicted octanol–water partition coefficient (Wildman–Crippen LogP) is 0.933. The van der Waals surface area contributed by atoms with Crippen molar-refractivity contribution < 1.29 is 32.6 Å². The summed E-state index contributed by atoms with van der Waals surface area (Å²) >= 11 is 0. The lowest BCUT2D eigenvalue weighted by molar-refractivity contribution is -0.142. The van der Waals surface area contributed by atoms with Gasteiger partial charge in [-0.2, -0.15) is 0 Å². The van der Waals surface area contributed by atoms with Crippen LogP contribution in [-0.4, -0.2) is 36.2 Å². The minimum Gasteiger partial charge on any atom is -0.481 e. The molecule has 1 fully saturated rings. The number of carboxylic acids is 1. The van der Waals surface area contributed by atoms with Crippen LogP contribution in [0.5, 0.6) is 0 Å².